The molecular formula is C17H27NO2. The zero-order valence-corrected chi connectivity index (χ0v) is 12.9. The minimum absolute atomic E-state index is 0.112. The van der Waals surface area contributed by atoms with Gasteiger partial charge in [0.15, 0.2) is 0 Å². The molecule has 2 atom stereocenters. The van der Waals surface area contributed by atoms with Crippen LogP contribution in [0.15, 0.2) is 18.2 Å². The Morgan fingerprint density at radius 3 is 2.65 bits per heavy atom. The van der Waals surface area contributed by atoms with Gasteiger partial charge in [0.2, 0.25) is 0 Å². The minimum atomic E-state index is 0.112. The van der Waals surface area contributed by atoms with Gasteiger partial charge in [-0.15, -0.1) is 0 Å². The lowest BCUT2D eigenvalue weighted by molar-refractivity contribution is -0.102. The van der Waals surface area contributed by atoms with Gasteiger partial charge in [-0.1, -0.05) is 39.0 Å². The van der Waals surface area contributed by atoms with Gasteiger partial charge in [0.1, 0.15) is 6.10 Å². The third-order valence-electron chi connectivity index (χ3n) is 3.97. The second kappa shape index (κ2) is 7.77. The van der Waals surface area contributed by atoms with E-state index < -0.39 is 0 Å². The van der Waals surface area contributed by atoms with Crippen LogP contribution in [0, 0.1) is 0 Å². The first-order valence-electron chi connectivity index (χ1n) is 7.84. The van der Waals surface area contributed by atoms with E-state index in [2.05, 4.69) is 44.3 Å². The fraction of sp³-hybridized carbons (Fsp3) is 0.647. The molecule has 1 heterocycles. The summed E-state index contributed by atoms with van der Waals surface area (Å²) in [6.45, 7) is 9.58. The van der Waals surface area contributed by atoms with Gasteiger partial charge in [0, 0.05) is 0 Å². The summed E-state index contributed by atoms with van der Waals surface area (Å²) < 4.78 is 11.5. The monoisotopic (exact) mass is 277 g/mol. The number of benzene rings is 1. The van der Waals surface area contributed by atoms with Gasteiger partial charge in [0.05, 0.1) is 25.9 Å². The molecule has 0 amide bonds. The molecule has 0 saturated carbocycles. The molecule has 1 N–H and O–H groups in total. The van der Waals surface area contributed by atoms with Crippen LogP contribution < -0.4 is 5.32 Å². The van der Waals surface area contributed by atoms with Crippen molar-refractivity contribution in [2.75, 3.05) is 26.4 Å². The highest BCUT2D eigenvalue weighted by Gasteiger charge is 2.27. The lowest BCUT2D eigenvalue weighted by Gasteiger charge is -2.32. The maximum Gasteiger partial charge on any atom is 0.100 e. The molecule has 1 fully saturated rings. The van der Waals surface area contributed by atoms with Crippen molar-refractivity contribution in [3.63, 3.8) is 0 Å². The number of aryl methyl sites for hydroxylation is 2. The highest BCUT2D eigenvalue weighted by atomic mass is 16.6. The molecule has 20 heavy (non-hydrogen) atoms. The average molecular weight is 277 g/mol. The van der Waals surface area contributed by atoms with Crippen LogP contribution in [0.3, 0.4) is 0 Å². The first kappa shape index (κ1) is 15.5. The first-order valence-corrected chi connectivity index (χ1v) is 7.84. The second-order valence-corrected chi connectivity index (χ2v) is 5.26. The molecule has 0 bridgehead atoms. The Hall–Kier alpha value is -0.900. The smallest absolute Gasteiger partial charge is 0.100 e. The van der Waals surface area contributed by atoms with Crippen LogP contribution in [0.5, 0.6) is 0 Å². The fourth-order valence-electron chi connectivity index (χ4n) is 2.84. The Kier molecular flexibility index (Phi) is 6.02. The number of ether oxygens (including phenoxy) is 2. The Morgan fingerprint density at radius 2 is 2.05 bits per heavy atom. The van der Waals surface area contributed by atoms with Crippen LogP contribution in [0.1, 0.15) is 43.5 Å². The van der Waals surface area contributed by atoms with Gasteiger partial charge in [0.25, 0.3) is 0 Å². The van der Waals surface area contributed by atoms with Gasteiger partial charge in [-0.3, -0.25) is 0 Å². The van der Waals surface area contributed by atoms with Crippen LogP contribution in [-0.4, -0.2) is 32.5 Å². The zero-order valence-electron chi connectivity index (χ0n) is 12.9. The van der Waals surface area contributed by atoms with Crippen LogP contribution in [0.2, 0.25) is 0 Å². The molecule has 1 aliphatic heterocycles. The summed E-state index contributed by atoms with van der Waals surface area (Å²) in [5, 5.41) is 3.59. The van der Waals surface area contributed by atoms with Crippen LogP contribution in [-0.2, 0) is 22.3 Å². The van der Waals surface area contributed by atoms with E-state index in [0.717, 1.165) is 19.4 Å². The summed E-state index contributed by atoms with van der Waals surface area (Å²) in [6, 6.07) is 7.07. The largest absolute Gasteiger partial charge is 0.376 e. The van der Waals surface area contributed by atoms with E-state index in [4.69, 9.17) is 9.47 Å². The van der Waals surface area contributed by atoms with Gasteiger partial charge in [-0.05, 0) is 36.1 Å². The van der Waals surface area contributed by atoms with Crippen molar-refractivity contribution in [2.45, 2.75) is 45.8 Å². The minimum Gasteiger partial charge on any atom is -0.376 e. The van der Waals surface area contributed by atoms with E-state index in [1.807, 2.05) is 0 Å². The average Bonchev–Trinajstić information content (AvgIpc) is 2.53. The Bertz CT molecular complexity index is 413. The fourth-order valence-corrected chi connectivity index (χ4v) is 2.84. The van der Waals surface area contributed by atoms with Crippen molar-refractivity contribution >= 4 is 0 Å². The maximum absolute atomic E-state index is 5.93. The molecule has 3 heteroatoms. The van der Waals surface area contributed by atoms with Crippen molar-refractivity contribution < 1.29 is 9.47 Å². The summed E-state index contributed by atoms with van der Waals surface area (Å²) in [5.41, 5.74) is 4.17. The highest BCUT2D eigenvalue weighted by Crippen LogP contribution is 2.26. The zero-order chi connectivity index (χ0) is 14.4. The lowest BCUT2D eigenvalue weighted by atomic mass is 9.92. The van der Waals surface area contributed by atoms with E-state index in [1.165, 1.54) is 16.7 Å². The molecule has 2 rings (SSSR count). The van der Waals surface area contributed by atoms with E-state index in [9.17, 15) is 0 Å². The Morgan fingerprint density at radius 1 is 1.20 bits per heavy atom. The summed E-state index contributed by atoms with van der Waals surface area (Å²) >= 11 is 0. The quantitative estimate of drug-likeness (QED) is 0.867. The summed E-state index contributed by atoms with van der Waals surface area (Å²) in [7, 11) is 0. The van der Waals surface area contributed by atoms with Crippen molar-refractivity contribution in [1.82, 2.24) is 5.32 Å². The number of hydrogen-bond acceptors (Lipinski definition) is 3. The second-order valence-electron chi connectivity index (χ2n) is 5.26. The van der Waals surface area contributed by atoms with Gasteiger partial charge in [-0.2, -0.15) is 0 Å². The molecule has 0 aliphatic carbocycles. The molecule has 1 saturated heterocycles. The molecule has 0 spiro atoms. The van der Waals surface area contributed by atoms with E-state index in [0.29, 0.717) is 19.8 Å². The molecule has 112 valence electrons. The first-order chi connectivity index (χ1) is 9.80. The summed E-state index contributed by atoms with van der Waals surface area (Å²) in [4.78, 5) is 0. The molecule has 2 unspecified atom stereocenters. The summed E-state index contributed by atoms with van der Waals surface area (Å²) in [6.07, 6.45) is 2.23. The molecule has 0 radical (unpaired) electrons. The normalized spacial score (nSPS) is 20.9. The maximum atomic E-state index is 5.93. The lowest BCUT2D eigenvalue weighted by Crippen LogP contribution is -2.41. The van der Waals surface area contributed by atoms with Crippen LogP contribution in [0.25, 0.3) is 0 Å². The SMILES string of the molecule is CCNC(c1cc(CC)ccc1CC)C1COCCO1. The molecular weight excluding hydrogens is 250 g/mol. The number of rotatable bonds is 6. The van der Waals surface area contributed by atoms with Crippen molar-refractivity contribution in [3.8, 4) is 0 Å². The third-order valence-corrected chi connectivity index (χ3v) is 3.97. The number of likely N-dealkylation sites (N-methyl/N-ethyl adjacent to an activating group) is 1. The van der Waals surface area contributed by atoms with Gasteiger partial charge in [-0.25, -0.2) is 0 Å². The van der Waals surface area contributed by atoms with E-state index >= 15 is 0 Å². The molecule has 1 aliphatic rings. The molecule has 0 aromatic heterocycles. The van der Waals surface area contributed by atoms with Gasteiger partial charge >= 0.3 is 0 Å². The molecule has 1 aromatic carbocycles. The topological polar surface area (TPSA) is 30.5 Å². The third kappa shape index (κ3) is 3.60. The van der Waals surface area contributed by atoms with E-state index in [1.54, 1.807) is 0 Å². The van der Waals surface area contributed by atoms with Crippen LogP contribution in [0.4, 0.5) is 0 Å². The van der Waals surface area contributed by atoms with Crippen molar-refractivity contribution in [3.05, 3.63) is 34.9 Å². The van der Waals surface area contributed by atoms with E-state index in [-0.39, 0.29) is 12.1 Å². The molecule has 3 nitrogen and oxygen atoms in total. The highest BCUT2D eigenvalue weighted by molar-refractivity contribution is 5.35. The van der Waals surface area contributed by atoms with Crippen molar-refractivity contribution in [1.29, 1.82) is 0 Å². The van der Waals surface area contributed by atoms with Gasteiger partial charge < -0.3 is 14.8 Å². The van der Waals surface area contributed by atoms with Crippen LogP contribution >= 0.6 is 0 Å². The molecule has 1 aromatic rings. The number of nitrogens with one attached hydrogen (secondary N) is 1. The van der Waals surface area contributed by atoms with Crippen molar-refractivity contribution in [2.24, 2.45) is 0 Å². The number of hydrogen-bond donors (Lipinski definition) is 1. The Balaban J connectivity index is 2.30. The standard InChI is InChI=1S/C17H27NO2/c1-4-13-7-8-14(5-2)15(11-13)17(18-6-3)16-12-19-9-10-20-16/h7-8,11,16-18H,4-6,9-10,12H2,1-3H3. The summed E-state index contributed by atoms with van der Waals surface area (Å²) in [5.74, 6) is 0. The Labute approximate surface area is 122 Å². The predicted molar refractivity (Wildman–Crippen MR) is 82.2 cm³/mol. The predicted octanol–water partition coefficient (Wildman–Crippen LogP) is 2.88.